The molecular formula is C14H21N3. The van der Waals surface area contributed by atoms with Gasteiger partial charge in [0.15, 0.2) is 0 Å². The van der Waals surface area contributed by atoms with E-state index in [0.29, 0.717) is 6.04 Å². The molecule has 0 bridgehead atoms. The van der Waals surface area contributed by atoms with Crippen molar-refractivity contribution in [2.75, 3.05) is 19.8 Å². The van der Waals surface area contributed by atoms with Gasteiger partial charge in [0, 0.05) is 29.4 Å². The van der Waals surface area contributed by atoms with Crippen LogP contribution in [0.25, 0.3) is 10.9 Å². The summed E-state index contributed by atoms with van der Waals surface area (Å²) in [4.78, 5) is 2.18. The lowest BCUT2D eigenvalue weighted by atomic mass is 10.2. The minimum absolute atomic E-state index is 0.448. The molecule has 0 amide bonds. The van der Waals surface area contributed by atoms with Crippen LogP contribution in [0.5, 0.6) is 0 Å². The highest BCUT2D eigenvalue weighted by Crippen LogP contribution is 2.28. The molecule has 17 heavy (non-hydrogen) atoms. The number of hydrogen-bond donors (Lipinski definition) is 1. The monoisotopic (exact) mass is 231 g/mol. The third kappa shape index (κ3) is 2.15. The Morgan fingerprint density at radius 2 is 2.00 bits per heavy atom. The van der Waals surface area contributed by atoms with E-state index in [9.17, 15) is 0 Å². The highest BCUT2D eigenvalue weighted by Gasteiger charge is 2.13. The van der Waals surface area contributed by atoms with Crippen LogP contribution in [0.1, 0.15) is 25.6 Å². The molecule has 2 aromatic rings. The van der Waals surface area contributed by atoms with E-state index in [-0.39, 0.29) is 0 Å². The Hall–Kier alpha value is -1.48. The molecule has 0 radical (unpaired) electrons. The quantitative estimate of drug-likeness (QED) is 0.824. The van der Waals surface area contributed by atoms with Gasteiger partial charge in [-0.15, -0.1) is 0 Å². The van der Waals surface area contributed by atoms with E-state index < -0.39 is 0 Å². The molecule has 3 nitrogen and oxygen atoms in total. The van der Waals surface area contributed by atoms with E-state index in [1.165, 1.54) is 11.2 Å². The molecule has 0 aliphatic heterocycles. The normalized spacial score (nSPS) is 11.9. The number of anilines is 1. The molecule has 1 aromatic carbocycles. The maximum Gasteiger partial charge on any atom is 0.0506 e. The maximum absolute atomic E-state index is 6.04. The van der Waals surface area contributed by atoms with Crippen LogP contribution in [0.2, 0.25) is 0 Å². The fourth-order valence-corrected chi connectivity index (χ4v) is 2.38. The molecule has 2 N–H and O–H groups in total. The van der Waals surface area contributed by atoms with Gasteiger partial charge in [0.05, 0.1) is 5.52 Å². The van der Waals surface area contributed by atoms with Gasteiger partial charge in [-0.05, 0) is 46.1 Å². The van der Waals surface area contributed by atoms with Crippen molar-refractivity contribution in [3.05, 3.63) is 30.0 Å². The fraction of sp³-hybridized carbons (Fsp3) is 0.429. The van der Waals surface area contributed by atoms with Crippen molar-refractivity contribution in [1.29, 1.82) is 0 Å². The van der Waals surface area contributed by atoms with Crippen LogP contribution in [-0.4, -0.2) is 23.6 Å². The zero-order chi connectivity index (χ0) is 12.6. The summed E-state index contributed by atoms with van der Waals surface area (Å²) >= 11 is 0. The number of nitrogen functional groups attached to an aromatic ring is 1. The number of fused-ring (bicyclic) bond motifs is 1. The molecule has 0 spiro atoms. The first kappa shape index (κ1) is 12.0. The van der Waals surface area contributed by atoms with Crippen LogP contribution in [0.3, 0.4) is 0 Å². The van der Waals surface area contributed by atoms with Gasteiger partial charge < -0.3 is 15.2 Å². The third-order valence-electron chi connectivity index (χ3n) is 2.99. The summed E-state index contributed by atoms with van der Waals surface area (Å²) in [6.07, 6.45) is 0. The Labute approximate surface area is 103 Å². The molecule has 0 aliphatic rings. The number of nitrogens with zero attached hydrogens (tertiary/aromatic N) is 2. The van der Waals surface area contributed by atoms with Gasteiger partial charge in [0.2, 0.25) is 0 Å². The summed E-state index contributed by atoms with van der Waals surface area (Å²) in [6, 6.07) is 8.79. The second-order valence-corrected chi connectivity index (χ2v) is 5.12. The Balaban J connectivity index is 2.66. The molecule has 0 saturated carbocycles. The summed E-state index contributed by atoms with van der Waals surface area (Å²) < 4.78 is 2.37. The van der Waals surface area contributed by atoms with E-state index in [4.69, 9.17) is 5.73 Å². The molecule has 0 fully saturated rings. The minimum atomic E-state index is 0.448. The lowest BCUT2D eigenvalue weighted by Gasteiger charge is -2.17. The first-order valence-electron chi connectivity index (χ1n) is 6.03. The van der Waals surface area contributed by atoms with Crippen LogP contribution < -0.4 is 5.73 Å². The average molecular weight is 231 g/mol. The fourth-order valence-electron chi connectivity index (χ4n) is 2.38. The van der Waals surface area contributed by atoms with E-state index >= 15 is 0 Å². The van der Waals surface area contributed by atoms with Crippen molar-refractivity contribution in [2.45, 2.75) is 26.4 Å². The maximum atomic E-state index is 6.04. The zero-order valence-electron chi connectivity index (χ0n) is 11.1. The van der Waals surface area contributed by atoms with Gasteiger partial charge in [-0.1, -0.05) is 6.07 Å². The Morgan fingerprint density at radius 1 is 1.29 bits per heavy atom. The minimum Gasteiger partial charge on any atom is -0.398 e. The Kier molecular flexibility index (Phi) is 3.11. The average Bonchev–Trinajstić information content (AvgIpc) is 2.56. The second-order valence-electron chi connectivity index (χ2n) is 5.12. The van der Waals surface area contributed by atoms with Gasteiger partial charge in [-0.2, -0.15) is 0 Å². The number of benzene rings is 1. The number of aromatic nitrogens is 1. The molecule has 0 aliphatic carbocycles. The summed E-state index contributed by atoms with van der Waals surface area (Å²) in [7, 11) is 4.18. The van der Waals surface area contributed by atoms with Gasteiger partial charge in [-0.25, -0.2) is 0 Å². The highest BCUT2D eigenvalue weighted by atomic mass is 15.1. The topological polar surface area (TPSA) is 34.2 Å². The van der Waals surface area contributed by atoms with Crippen LogP contribution in [0.4, 0.5) is 5.69 Å². The third-order valence-corrected chi connectivity index (χ3v) is 2.99. The van der Waals surface area contributed by atoms with Crippen molar-refractivity contribution in [1.82, 2.24) is 9.47 Å². The summed E-state index contributed by atoms with van der Waals surface area (Å²) in [5, 5.41) is 1.16. The molecule has 2 rings (SSSR count). The lowest BCUT2D eigenvalue weighted by molar-refractivity contribution is 0.384. The van der Waals surface area contributed by atoms with Crippen molar-refractivity contribution in [2.24, 2.45) is 0 Å². The first-order chi connectivity index (χ1) is 8.00. The standard InChI is InChI=1S/C14H21N3/c1-10(2)17-11(9-16(3)4)8-12-13(15)6-5-7-14(12)17/h5-8,10H,9,15H2,1-4H3. The molecule has 1 aromatic heterocycles. The second kappa shape index (κ2) is 4.41. The molecule has 0 unspecified atom stereocenters. The van der Waals surface area contributed by atoms with Gasteiger partial charge in [0.25, 0.3) is 0 Å². The van der Waals surface area contributed by atoms with E-state index in [2.05, 4.69) is 49.5 Å². The van der Waals surface area contributed by atoms with E-state index in [1.54, 1.807) is 0 Å². The van der Waals surface area contributed by atoms with Crippen molar-refractivity contribution in [3.8, 4) is 0 Å². The SMILES string of the molecule is CC(C)n1c(CN(C)C)cc2c(N)cccc21. The van der Waals surface area contributed by atoms with Crippen molar-refractivity contribution < 1.29 is 0 Å². The first-order valence-corrected chi connectivity index (χ1v) is 6.03. The van der Waals surface area contributed by atoms with Crippen molar-refractivity contribution >= 4 is 16.6 Å². The molecule has 0 saturated heterocycles. The summed E-state index contributed by atoms with van der Waals surface area (Å²) in [6.45, 7) is 5.36. The molecule has 1 heterocycles. The molecule has 0 atom stereocenters. The van der Waals surface area contributed by atoms with E-state index in [1.807, 2.05) is 12.1 Å². The number of nitrogens with two attached hydrogens (primary N) is 1. The molecule has 92 valence electrons. The van der Waals surface area contributed by atoms with Crippen LogP contribution >= 0.6 is 0 Å². The predicted molar refractivity (Wildman–Crippen MR) is 74.1 cm³/mol. The van der Waals surface area contributed by atoms with Crippen molar-refractivity contribution in [3.63, 3.8) is 0 Å². The number of rotatable bonds is 3. The van der Waals surface area contributed by atoms with Crippen LogP contribution in [-0.2, 0) is 6.54 Å². The largest absolute Gasteiger partial charge is 0.398 e. The summed E-state index contributed by atoms with van der Waals surface area (Å²) in [5.41, 5.74) is 9.46. The molecular weight excluding hydrogens is 210 g/mol. The summed E-state index contributed by atoms with van der Waals surface area (Å²) in [5.74, 6) is 0. The zero-order valence-corrected chi connectivity index (χ0v) is 11.1. The van der Waals surface area contributed by atoms with Crippen LogP contribution in [0, 0.1) is 0 Å². The Bertz CT molecular complexity index is 523. The smallest absolute Gasteiger partial charge is 0.0506 e. The lowest BCUT2D eigenvalue weighted by Crippen LogP contribution is -2.15. The molecule has 3 heteroatoms. The van der Waals surface area contributed by atoms with Gasteiger partial charge in [0.1, 0.15) is 0 Å². The predicted octanol–water partition coefficient (Wildman–Crippen LogP) is 2.87. The van der Waals surface area contributed by atoms with Crippen LogP contribution in [0.15, 0.2) is 24.3 Å². The van der Waals surface area contributed by atoms with Gasteiger partial charge in [-0.3, -0.25) is 0 Å². The Morgan fingerprint density at radius 3 is 2.59 bits per heavy atom. The number of hydrogen-bond acceptors (Lipinski definition) is 2. The highest BCUT2D eigenvalue weighted by molar-refractivity contribution is 5.92. The van der Waals surface area contributed by atoms with Gasteiger partial charge >= 0.3 is 0 Å². The van der Waals surface area contributed by atoms with E-state index in [0.717, 1.165) is 17.6 Å².